The lowest BCUT2D eigenvalue weighted by molar-refractivity contribution is -0.136. The van der Waals surface area contributed by atoms with Gasteiger partial charge in [-0.1, -0.05) is 65.7 Å². The van der Waals surface area contributed by atoms with E-state index in [1.165, 1.54) is 7.11 Å². The van der Waals surface area contributed by atoms with Crippen molar-refractivity contribution >= 4 is 35.0 Å². The van der Waals surface area contributed by atoms with E-state index in [4.69, 9.17) is 38.4 Å². The van der Waals surface area contributed by atoms with Crippen LogP contribution in [0.4, 0.5) is 0 Å². The molecule has 0 spiro atoms. The van der Waals surface area contributed by atoms with Crippen molar-refractivity contribution in [3.63, 3.8) is 0 Å². The Kier molecular flexibility index (Phi) is 5.58. The van der Waals surface area contributed by atoms with Gasteiger partial charge in [-0.2, -0.15) is 0 Å². The van der Waals surface area contributed by atoms with E-state index in [0.29, 0.717) is 28.3 Å². The molecule has 4 rings (SSSR count). The minimum Gasteiger partial charge on any atom is -0.465 e. The molecule has 7 heteroatoms. The van der Waals surface area contributed by atoms with E-state index in [9.17, 15) is 9.59 Å². The highest BCUT2D eigenvalue weighted by atomic mass is 35.5. The van der Waals surface area contributed by atoms with Gasteiger partial charge in [0.05, 0.1) is 23.1 Å². The molecule has 0 radical (unpaired) electrons. The number of esters is 1. The molecule has 0 saturated carbocycles. The Bertz CT molecular complexity index is 1090. The number of methoxy groups -OCH3 is 1. The number of carbonyl (C=O) groups is 2. The van der Waals surface area contributed by atoms with Crippen LogP contribution in [-0.4, -0.2) is 18.9 Å². The maximum Gasteiger partial charge on any atom is 0.340 e. The second-order valence-corrected chi connectivity index (χ2v) is 8.01. The van der Waals surface area contributed by atoms with Gasteiger partial charge in [-0.05, 0) is 23.1 Å². The molecule has 0 unspecified atom stereocenters. The van der Waals surface area contributed by atoms with Crippen LogP contribution in [0.1, 0.15) is 35.8 Å². The minimum atomic E-state index is -0.809. The van der Waals surface area contributed by atoms with Gasteiger partial charge in [-0.25, -0.2) is 4.79 Å². The second-order valence-electron chi connectivity index (χ2n) is 7.22. The van der Waals surface area contributed by atoms with Crippen molar-refractivity contribution in [1.82, 2.24) is 0 Å². The van der Waals surface area contributed by atoms with Gasteiger partial charge in [-0.15, -0.1) is 0 Å². The number of benzene rings is 2. The fraction of sp³-hybridized carbons (Fsp3) is 0.217. The molecule has 0 bridgehead atoms. The van der Waals surface area contributed by atoms with E-state index < -0.39 is 11.9 Å². The number of nitrogens with two attached hydrogens (primary N) is 1. The highest BCUT2D eigenvalue weighted by molar-refractivity contribution is 6.42. The van der Waals surface area contributed by atoms with Crippen molar-refractivity contribution in [2.45, 2.75) is 24.7 Å². The average molecular weight is 444 g/mol. The van der Waals surface area contributed by atoms with Gasteiger partial charge in [0.1, 0.15) is 11.3 Å². The Morgan fingerprint density at radius 2 is 1.83 bits per heavy atom. The highest BCUT2D eigenvalue weighted by Crippen LogP contribution is 2.49. The molecule has 0 saturated heterocycles. The van der Waals surface area contributed by atoms with E-state index in [0.717, 1.165) is 5.56 Å². The minimum absolute atomic E-state index is 0.0413. The lowest BCUT2D eigenvalue weighted by Crippen LogP contribution is -2.33. The molecule has 2 aliphatic rings. The Labute approximate surface area is 184 Å². The normalized spacial score (nSPS) is 21.2. The number of hydrogen-bond donors (Lipinski definition) is 1. The zero-order chi connectivity index (χ0) is 21.4. The van der Waals surface area contributed by atoms with Crippen LogP contribution in [0.5, 0.6) is 0 Å². The molecule has 1 heterocycles. The van der Waals surface area contributed by atoms with Crippen LogP contribution < -0.4 is 5.73 Å². The molecule has 30 heavy (non-hydrogen) atoms. The molecule has 5 nitrogen and oxygen atoms in total. The van der Waals surface area contributed by atoms with Crippen LogP contribution in [0.15, 0.2) is 71.3 Å². The summed E-state index contributed by atoms with van der Waals surface area (Å²) < 4.78 is 10.7. The van der Waals surface area contributed by atoms with Crippen LogP contribution in [0, 0.1) is 0 Å². The number of ketones is 1. The van der Waals surface area contributed by atoms with Gasteiger partial charge in [0, 0.05) is 18.4 Å². The predicted octanol–water partition coefficient (Wildman–Crippen LogP) is 4.85. The van der Waals surface area contributed by atoms with Gasteiger partial charge >= 0.3 is 5.97 Å². The van der Waals surface area contributed by atoms with Crippen LogP contribution in [0.3, 0.4) is 0 Å². The van der Waals surface area contributed by atoms with E-state index >= 15 is 0 Å². The van der Waals surface area contributed by atoms with E-state index in [1.54, 1.807) is 18.2 Å². The summed E-state index contributed by atoms with van der Waals surface area (Å²) in [5.74, 6) is -1.30. The molecule has 154 valence electrons. The van der Waals surface area contributed by atoms with Gasteiger partial charge in [-0.3, -0.25) is 4.79 Å². The third kappa shape index (κ3) is 3.48. The molecule has 1 aliphatic heterocycles. The molecule has 2 aromatic rings. The maximum absolute atomic E-state index is 13.3. The lowest BCUT2D eigenvalue weighted by atomic mass is 9.73. The molecule has 0 aromatic heterocycles. The van der Waals surface area contributed by atoms with E-state index in [1.807, 2.05) is 30.3 Å². The van der Waals surface area contributed by atoms with Crippen molar-refractivity contribution in [2.75, 3.05) is 7.11 Å². The van der Waals surface area contributed by atoms with Gasteiger partial charge < -0.3 is 15.2 Å². The quantitative estimate of drug-likeness (QED) is 0.685. The van der Waals surface area contributed by atoms with Crippen molar-refractivity contribution < 1.29 is 19.1 Å². The topological polar surface area (TPSA) is 78.6 Å². The molecular weight excluding hydrogens is 425 g/mol. The number of ether oxygens (including phenoxy) is 2. The van der Waals surface area contributed by atoms with Gasteiger partial charge in [0.2, 0.25) is 5.88 Å². The fourth-order valence-corrected chi connectivity index (χ4v) is 4.55. The summed E-state index contributed by atoms with van der Waals surface area (Å²) in [6.45, 7) is 0. The monoisotopic (exact) mass is 443 g/mol. The first-order chi connectivity index (χ1) is 14.4. The van der Waals surface area contributed by atoms with E-state index in [2.05, 4.69) is 0 Å². The Morgan fingerprint density at radius 1 is 1.10 bits per heavy atom. The van der Waals surface area contributed by atoms with Gasteiger partial charge in [0.25, 0.3) is 0 Å². The summed E-state index contributed by atoms with van der Waals surface area (Å²) in [7, 11) is 1.25. The van der Waals surface area contributed by atoms with Crippen molar-refractivity contribution in [3.8, 4) is 0 Å². The van der Waals surface area contributed by atoms with Crippen LogP contribution >= 0.6 is 23.2 Å². The second kappa shape index (κ2) is 8.17. The number of hydrogen-bond acceptors (Lipinski definition) is 5. The number of halogens is 2. The van der Waals surface area contributed by atoms with Crippen molar-refractivity contribution in [2.24, 2.45) is 5.73 Å². The standard InChI is InChI=1S/C23H19Cl2NO4/c1-29-23(28)20-18(14-8-5-9-15(24)21(14)25)19-16(27)10-13(11-17(19)30-22(20)26)12-6-3-2-4-7-12/h2-9,13,18H,10-11,26H2,1H3/t13-,18+/m1/s1. The molecule has 0 fully saturated rings. The van der Waals surface area contributed by atoms with Crippen molar-refractivity contribution in [1.29, 1.82) is 0 Å². The summed E-state index contributed by atoms with van der Waals surface area (Å²) in [4.78, 5) is 25.9. The third-order valence-corrected chi connectivity index (χ3v) is 6.34. The number of carbonyl (C=O) groups excluding carboxylic acids is 2. The smallest absolute Gasteiger partial charge is 0.340 e. The molecular formula is C23H19Cl2NO4. The zero-order valence-corrected chi connectivity index (χ0v) is 17.7. The number of Topliss-reactive ketones (excluding diaryl/α,β-unsaturated/α-hetero) is 1. The average Bonchev–Trinajstić information content (AvgIpc) is 2.74. The largest absolute Gasteiger partial charge is 0.465 e. The van der Waals surface area contributed by atoms with Crippen LogP contribution in [0.2, 0.25) is 10.0 Å². The molecule has 1 aliphatic carbocycles. The molecule has 2 atom stereocenters. The Balaban J connectivity index is 1.86. The zero-order valence-electron chi connectivity index (χ0n) is 16.2. The summed E-state index contributed by atoms with van der Waals surface area (Å²) in [6, 6.07) is 14.8. The Hall–Kier alpha value is -2.76. The summed E-state index contributed by atoms with van der Waals surface area (Å²) in [6.07, 6.45) is 0.768. The SMILES string of the molecule is COC(=O)C1=C(N)OC2=C(C(=O)C[C@@H](c3ccccc3)C2)[C@@H]1c1cccc(Cl)c1Cl. The maximum atomic E-state index is 13.3. The first-order valence-electron chi connectivity index (χ1n) is 9.43. The third-order valence-electron chi connectivity index (χ3n) is 5.51. The van der Waals surface area contributed by atoms with Crippen LogP contribution in [0.25, 0.3) is 0 Å². The van der Waals surface area contributed by atoms with Gasteiger partial charge in [0.15, 0.2) is 5.78 Å². The predicted molar refractivity (Wildman–Crippen MR) is 114 cm³/mol. The van der Waals surface area contributed by atoms with Crippen LogP contribution in [-0.2, 0) is 19.1 Å². The lowest BCUT2D eigenvalue weighted by Gasteiger charge is -2.35. The fourth-order valence-electron chi connectivity index (χ4n) is 4.13. The number of allylic oxidation sites excluding steroid dienone is 2. The number of rotatable bonds is 3. The summed E-state index contributed by atoms with van der Waals surface area (Å²) in [5.41, 5.74) is 8.12. The summed E-state index contributed by atoms with van der Waals surface area (Å²) in [5, 5.41) is 0.570. The Morgan fingerprint density at radius 3 is 2.53 bits per heavy atom. The summed E-state index contributed by atoms with van der Waals surface area (Å²) >= 11 is 12.7. The van der Waals surface area contributed by atoms with Crippen molar-refractivity contribution in [3.05, 3.63) is 92.5 Å². The molecule has 0 amide bonds. The first-order valence-corrected chi connectivity index (χ1v) is 10.2. The first kappa shape index (κ1) is 20.5. The highest BCUT2D eigenvalue weighted by Gasteiger charge is 2.44. The van der Waals surface area contributed by atoms with E-state index in [-0.39, 0.29) is 34.6 Å². The molecule has 2 aromatic carbocycles. The molecule has 2 N–H and O–H groups in total.